The number of hydrogen-bond acceptors (Lipinski definition) is 1. The zero-order valence-electron chi connectivity index (χ0n) is 17.2. The zero-order chi connectivity index (χ0) is 20.5. The van der Waals surface area contributed by atoms with Crippen LogP contribution in [-0.4, -0.2) is 0 Å². The van der Waals surface area contributed by atoms with Gasteiger partial charge in [-0.1, -0.05) is 79.1 Å². The van der Waals surface area contributed by atoms with Gasteiger partial charge in [-0.25, -0.2) is 0 Å². The van der Waals surface area contributed by atoms with Crippen molar-refractivity contribution in [3.8, 4) is 23.5 Å². The van der Waals surface area contributed by atoms with E-state index in [1.165, 1.54) is 22.3 Å². The Labute approximate surface area is 174 Å². The Bertz CT molecular complexity index is 1010. The minimum atomic E-state index is 0.848. The molecule has 0 saturated heterocycles. The van der Waals surface area contributed by atoms with E-state index in [0.717, 1.165) is 29.8 Å². The predicted octanol–water partition coefficient (Wildman–Crippen LogP) is 7.47. The molecule has 0 unspecified atom stereocenters. The van der Waals surface area contributed by atoms with Gasteiger partial charge in [0.05, 0.1) is 0 Å². The quantitative estimate of drug-likeness (QED) is 0.332. The van der Waals surface area contributed by atoms with E-state index >= 15 is 0 Å². The second-order valence-electron chi connectivity index (χ2n) is 7.14. The first-order valence-electron chi connectivity index (χ1n) is 10.0. The van der Waals surface area contributed by atoms with E-state index in [2.05, 4.69) is 110 Å². The Morgan fingerprint density at radius 3 is 1.97 bits per heavy atom. The summed E-state index contributed by atoms with van der Waals surface area (Å²) in [4.78, 5) is 0. The molecule has 0 heterocycles. The lowest BCUT2D eigenvalue weighted by Gasteiger charge is -2.09. The van der Waals surface area contributed by atoms with Gasteiger partial charge in [-0.05, 0) is 72.4 Å². The van der Waals surface area contributed by atoms with Gasteiger partial charge in [0.1, 0.15) is 0 Å². The van der Waals surface area contributed by atoms with Gasteiger partial charge in [-0.2, -0.15) is 0 Å². The smallest absolute Gasteiger partial charge is 0.0384 e. The number of aryl methyl sites for hydroxylation is 1. The summed E-state index contributed by atoms with van der Waals surface area (Å²) in [6, 6.07) is 25.7. The zero-order valence-corrected chi connectivity index (χ0v) is 17.2. The van der Waals surface area contributed by atoms with Crippen molar-refractivity contribution < 1.29 is 0 Å². The van der Waals surface area contributed by atoms with Gasteiger partial charge >= 0.3 is 0 Å². The highest BCUT2D eigenvalue weighted by Crippen LogP contribution is 2.24. The summed E-state index contributed by atoms with van der Waals surface area (Å²) in [5.74, 6) is 2.64. The molecule has 144 valence electrons. The van der Waals surface area contributed by atoms with Crippen molar-refractivity contribution in [3.63, 3.8) is 0 Å². The van der Waals surface area contributed by atoms with Crippen LogP contribution in [0.3, 0.4) is 0 Å². The largest absolute Gasteiger partial charge is 0.356 e. The summed E-state index contributed by atoms with van der Waals surface area (Å²) in [5.41, 5.74) is 8.28. The lowest BCUT2D eigenvalue weighted by Crippen LogP contribution is -1.90. The number of terminal acetylenes is 1. The second-order valence-corrected chi connectivity index (χ2v) is 7.14. The highest BCUT2D eigenvalue weighted by atomic mass is 14.9. The Balaban J connectivity index is 1.68. The van der Waals surface area contributed by atoms with E-state index < -0.39 is 0 Å². The average Bonchev–Trinajstić information content (AvgIpc) is 2.75. The van der Waals surface area contributed by atoms with Gasteiger partial charge < -0.3 is 5.32 Å². The molecular weight excluding hydrogens is 350 g/mol. The Kier molecular flexibility index (Phi) is 7.09. The average molecular weight is 378 g/mol. The van der Waals surface area contributed by atoms with Crippen LogP contribution in [0, 0.1) is 19.3 Å². The third-order valence-corrected chi connectivity index (χ3v) is 4.76. The van der Waals surface area contributed by atoms with Crippen molar-refractivity contribution in [2.45, 2.75) is 26.7 Å². The maximum atomic E-state index is 5.46. The van der Waals surface area contributed by atoms with Crippen molar-refractivity contribution in [1.82, 2.24) is 0 Å². The van der Waals surface area contributed by atoms with Crippen LogP contribution in [0.4, 0.5) is 11.4 Å². The monoisotopic (exact) mass is 377 g/mol. The molecule has 1 nitrogen and oxygen atoms in total. The van der Waals surface area contributed by atoms with Crippen LogP contribution in [-0.2, 0) is 6.42 Å². The molecule has 0 bridgehead atoms. The van der Waals surface area contributed by atoms with Crippen LogP contribution in [0.15, 0.2) is 96.6 Å². The van der Waals surface area contributed by atoms with Crippen LogP contribution >= 0.6 is 0 Å². The van der Waals surface area contributed by atoms with E-state index in [4.69, 9.17) is 6.42 Å². The van der Waals surface area contributed by atoms with Gasteiger partial charge in [-0.3, -0.25) is 0 Å². The Morgan fingerprint density at radius 2 is 1.41 bits per heavy atom. The van der Waals surface area contributed by atoms with Gasteiger partial charge in [0.15, 0.2) is 0 Å². The summed E-state index contributed by atoms with van der Waals surface area (Å²) < 4.78 is 0. The molecule has 0 aliphatic carbocycles. The standard InChI is InChI=1S/C28H27N/c1-4-6-8-23(7-5-2)21-24-11-13-25(14-12-24)26-15-19-28(20-16-26)29-27-17-9-22(3)10-18-27/h2,6-20,29H,4,21H2,1,3H3/b8-6-,23-7+. The van der Waals surface area contributed by atoms with Crippen LogP contribution in [0.2, 0.25) is 0 Å². The molecule has 3 aromatic carbocycles. The molecule has 0 fully saturated rings. The van der Waals surface area contributed by atoms with E-state index in [1.54, 1.807) is 0 Å². The molecule has 3 aromatic rings. The molecule has 0 aromatic heterocycles. The van der Waals surface area contributed by atoms with Crippen LogP contribution < -0.4 is 5.32 Å². The van der Waals surface area contributed by atoms with Crippen LogP contribution in [0.25, 0.3) is 11.1 Å². The molecule has 3 rings (SSSR count). The van der Waals surface area contributed by atoms with E-state index in [-0.39, 0.29) is 0 Å². The number of benzene rings is 3. The Hall–Kier alpha value is -3.50. The maximum absolute atomic E-state index is 5.46. The molecular formula is C28H27N. The van der Waals surface area contributed by atoms with Gasteiger partial charge in [0.25, 0.3) is 0 Å². The first-order chi connectivity index (χ1) is 14.2. The first-order valence-corrected chi connectivity index (χ1v) is 10.0. The molecule has 0 aliphatic rings. The molecule has 29 heavy (non-hydrogen) atoms. The van der Waals surface area contributed by atoms with Gasteiger partial charge in [0.2, 0.25) is 0 Å². The van der Waals surface area contributed by atoms with Crippen molar-refractivity contribution in [3.05, 3.63) is 108 Å². The second kappa shape index (κ2) is 10.2. The maximum Gasteiger partial charge on any atom is 0.0384 e. The highest BCUT2D eigenvalue weighted by molar-refractivity contribution is 5.68. The molecule has 1 N–H and O–H groups in total. The lowest BCUT2D eigenvalue weighted by molar-refractivity contribution is 1.17. The van der Waals surface area contributed by atoms with Crippen molar-refractivity contribution in [1.29, 1.82) is 0 Å². The topological polar surface area (TPSA) is 12.0 Å². The number of hydrogen-bond donors (Lipinski definition) is 1. The lowest BCUT2D eigenvalue weighted by atomic mass is 9.99. The summed E-state index contributed by atoms with van der Waals surface area (Å²) in [5, 5.41) is 3.44. The fourth-order valence-corrected chi connectivity index (χ4v) is 3.13. The molecule has 0 saturated carbocycles. The highest BCUT2D eigenvalue weighted by Gasteiger charge is 2.01. The van der Waals surface area contributed by atoms with E-state index in [9.17, 15) is 0 Å². The SMILES string of the molecule is C#C/C=C(\C=C/CC)Cc1ccc(-c2ccc(Nc3ccc(C)cc3)cc2)cc1. The fourth-order valence-electron chi connectivity index (χ4n) is 3.13. The van der Waals surface area contributed by atoms with Crippen molar-refractivity contribution in [2.24, 2.45) is 0 Å². The molecule has 0 amide bonds. The van der Waals surface area contributed by atoms with Gasteiger partial charge in [0, 0.05) is 11.4 Å². The van der Waals surface area contributed by atoms with E-state index in [1.807, 2.05) is 6.08 Å². The summed E-state index contributed by atoms with van der Waals surface area (Å²) in [6.45, 7) is 4.22. The molecule has 0 aliphatic heterocycles. The van der Waals surface area contributed by atoms with Crippen molar-refractivity contribution in [2.75, 3.05) is 5.32 Å². The van der Waals surface area contributed by atoms with Crippen LogP contribution in [0.5, 0.6) is 0 Å². The summed E-state index contributed by atoms with van der Waals surface area (Å²) in [7, 11) is 0. The molecule has 1 heteroatoms. The number of rotatable bonds is 7. The third kappa shape index (κ3) is 5.99. The molecule has 0 spiro atoms. The minimum absolute atomic E-state index is 0.848. The molecule has 0 atom stereocenters. The summed E-state index contributed by atoms with van der Waals surface area (Å²) in [6.07, 6.45) is 13.4. The van der Waals surface area contributed by atoms with Crippen LogP contribution in [0.1, 0.15) is 24.5 Å². The normalized spacial score (nSPS) is 11.4. The Morgan fingerprint density at radius 1 is 0.862 bits per heavy atom. The number of allylic oxidation sites excluding steroid dienone is 4. The van der Waals surface area contributed by atoms with Crippen molar-refractivity contribution >= 4 is 11.4 Å². The minimum Gasteiger partial charge on any atom is -0.356 e. The molecule has 0 radical (unpaired) electrons. The predicted molar refractivity (Wildman–Crippen MR) is 126 cm³/mol. The first kappa shape index (κ1) is 20.2. The number of anilines is 2. The third-order valence-electron chi connectivity index (χ3n) is 4.76. The van der Waals surface area contributed by atoms with E-state index in [0.29, 0.717) is 0 Å². The summed E-state index contributed by atoms with van der Waals surface area (Å²) >= 11 is 0. The fraction of sp³-hybridized carbons (Fsp3) is 0.143. The number of nitrogens with one attached hydrogen (secondary N) is 1. The van der Waals surface area contributed by atoms with Gasteiger partial charge in [-0.15, -0.1) is 6.42 Å².